The topological polar surface area (TPSA) is 70.1 Å². The van der Waals surface area contributed by atoms with Crippen molar-refractivity contribution in [2.75, 3.05) is 0 Å². The van der Waals surface area contributed by atoms with Crippen LogP contribution >= 0.6 is 0 Å². The van der Waals surface area contributed by atoms with Gasteiger partial charge in [-0.1, -0.05) is 0 Å². The monoisotopic (exact) mass is 181 g/mol. The summed E-state index contributed by atoms with van der Waals surface area (Å²) >= 11 is 0. The summed E-state index contributed by atoms with van der Waals surface area (Å²) in [6.07, 6.45) is 2.51. The summed E-state index contributed by atoms with van der Waals surface area (Å²) in [5.41, 5.74) is 0. The van der Waals surface area contributed by atoms with Crippen molar-refractivity contribution < 1.29 is 42.5 Å². The number of nitrogens with zero attached hydrogens (tertiary/aromatic N) is 1. The van der Waals surface area contributed by atoms with E-state index < -0.39 is 10.1 Å². The van der Waals surface area contributed by atoms with Crippen LogP contribution in [0.3, 0.4) is 0 Å². The molecule has 1 aromatic heterocycles. The van der Waals surface area contributed by atoms with E-state index in [1.165, 1.54) is 12.4 Å². The molecule has 0 spiro atoms. The van der Waals surface area contributed by atoms with Crippen LogP contribution in [0.1, 0.15) is 0 Å². The predicted octanol–water partition coefficient (Wildman–Crippen LogP) is -3.01. The molecule has 0 unspecified atom stereocenters. The maximum Gasteiger partial charge on any atom is 1.00 e. The number of hydrogen-bond acceptors (Lipinski definition) is 4. The molecule has 0 amide bonds. The van der Waals surface area contributed by atoms with Gasteiger partial charge in [0, 0.05) is 12.4 Å². The Bertz CT molecular complexity index is 310. The largest absolute Gasteiger partial charge is 1.00 e. The Hall–Kier alpha value is 0.0600. The van der Waals surface area contributed by atoms with Crippen molar-refractivity contribution in [3.63, 3.8) is 0 Å². The average Bonchev–Trinajstić information content (AvgIpc) is 1.88. The van der Waals surface area contributed by atoms with Crippen LogP contribution in [0.15, 0.2) is 29.4 Å². The van der Waals surface area contributed by atoms with Gasteiger partial charge < -0.3 is 4.55 Å². The summed E-state index contributed by atoms with van der Waals surface area (Å²) in [5, 5.41) is 0. The van der Waals surface area contributed by atoms with Crippen LogP contribution in [0.2, 0.25) is 0 Å². The fourth-order valence-electron chi connectivity index (χ4n) is 0.505. The standard InChI is InChI=1S/C5H5NO3S.Na/c7-10(8,9)5-1-3-6-4-2-5;/h1-4H,(H,7,8,9);/q;+1/p-1. The minimum Gasteiger partial charge on any atom is -0.744 e. The molecule has 1 rings (SSSR count). The van der Waals surface area contributed by atoms with Gasteiger partial charge in [0.2, 0.25) is 0 Å². The van der Waals surface area contributed by atoms with Crippen molar-refractivity contribution in [3.05, 3.63) is 24.5 Å². The normalized spacial score (nSPS) is 10.3. The molecular weight excluding hydrogens is 177 g/mol. The minimum atomic E-state index is -4.29. The molecule has 6 heteroatoms. The Morgan fingerprint density at radius 1 is 1.27 bits per heavy atom. The summed E-state index contributed by atoms with van der Waals surface area (Å²) in [5.74, 6) is 0. The van der Waals surface area contributed by atoms with E-state index in [0.717, 1.165) is 12.1 Å². The maximum atomic E-state index is 10.2. The molecule has 0 saturated carbocycles. The molecule has 0 fully saturated rings. The molecule has 0 aromatic carbocycles. The van der Waals surface area contributed by atoms with Crippen LogP contribution in [0, 0.1) is 0 Å². The van der Waals surface area contributed by atoms with Crippen molar-refractivity contribution in [1.29, 1.82) is 0 Å². The van der Waals surface area contributed by atoms with E-state index in [1.54, 1.807) is 0 Å². The average molecular weight is 181 g/mol. The van der Waals surface area contributed by atoms with Crippen molar-refractivity contribution in [2.45, 2.75) is 4.90 Å². The van der Waals surface area contributed by atoms with Gasteiger partial charge in [0.25, 0.3) is 0 Å². The summed E-state index contributed by atoms with van der Waals surface area (Å²) in [6, 6.07) is 2.31. The first-order valence-corrected chi connectivity index (χ1v) is 3.87. The Kier molecular flexibility index (Phi) is 4.20. The van der Waals surface area contributed by atoms with E-state index in [0.29, 0.717) is 0 Å². The Morgan fingerprint density at radius 2 is 1.73 bits per heavy atom. The second-order valence-corrected chi connectivity index (χ2v) is 3.02. The van der Waals surface area contributed by atoms with Gasteiger partial charge in [-0.05, 0) is 12.1 Å². The number of rotatable bonds is 1. The summed E-state index contributed by atoms with van der Waals surface area (Å²) in [7, 11) is -4.29. The smallest absolute Gasteiger partial charge is 0.744 e. The molecule has 1 aromatic rings. The first-order valence-electron chi connectivity index (χ1n) is 2.46. The van der Waals surface area contributed by atoms with E-state index in [4.69, 9.17) is 0 Å². The molecule has 0 N–H and O–H groups in total. The van der Waals surface area contributed by atoms with Crippen LogP contribution in [-0.4, -0.2) is 18.0 Å². The first kappa shape index (κ1) is 11.1. The Balaban J connectivity index is 0.000001000. The third-order valence-electron chi connectivity index (χ3n) is 0.938. The maximum absolute atomic E-state index is 10.2. The minimum absolute atomic E-state index is 0. The molecule has 0 bridgehead atoms. The number of aromatic nitrogens is 1. The van der Waals surface area contributed by atoms with E-state index in [-0.39, 0.29) is 34.5 Å². The van der Waals surface area contributed by atoms with Crippen LogP contribution in [0.4, 0.5) is 0 Å². The van der Waals surface area contributed by atoms with Gasteiger partial charge in [0.15, 0.2) is 0 Å². The SMILES string of the molecule is O=S(=O)([O-])c1ccncc1.[Na+]. The van der Waals surface area contributed by atoms with Crippen molar-refractivity contribution in [1.82, 2.24) is 4.98 Å². The van der Waals surface area contributed by atoms with Crippen LogP contribution in [-0.2, 0) is 10.1 Å². The molecule has 4 nitrogen and oxygen atoms in total. The molecule has 54 valence electrons. The third-order valence-corrected chi connectivity index (χ3v) is 1.79. The van der Waals surface area contributed by atoms with Gasteiger partial charge in [-0.25, -0.2) is 8.42 Å². The zero-order valence-electron chi connectivity index (χ0n) is 5.89. The quantitative estimate of drug-likeness (QED) is 0.342. The Morgan fingerprint density at radius 3 is 2.00 bits per heavy atom. The van der Waals surface area contributed by atoms with Gasteiger partial charge in [-0.2, -0.15) is 0 Å². The molecule has 0 aliphatic rings. The summed E-state index contributed by atoms with van der Waals surface area (Å²) in [6.45, 7) is 0. The fourth-order valence-corrected chi connectivity index (χ4v) is 0.960. The second kappa shape index (κ2) is 4.18. The molecule has 1 heterocycles. The molecular formula is C5H4NNaO3S. The van der Waals surface area contributed by atoms with Crippen LogP contribution in [0.25, 0.3) is 0 Å². The van der Waals surface area contributed by atoms with E-state index in [9.17, 15) is 13.0 Å². The van der Waals surface area contributed by atoms with E-state index in [2.05, 4.69) is 4.98 Å². The van der Waals surface area contributed by atoms with Gasteiger partial charge in [-0.3, -0.25) is 4.98 Å². The van der Waals surface area contributed by atoms with Gasteiger partial charge >= 0.3 is 29.6 Å². The second-order valence-electron chi connectivity index (χ2n) is 1.64. The molecule has 0 aliphatic heterocycles. The van der Waals surface area contributed by atoms with Crippen molar-refractivity contribution in [2.24, 2.45) is 0 Å². The molecule has 0 radical (unpaired) electrons. The number of hydrogen-bond donors (Lipinski definition) is 0. The summed E-state index contributed by atoms with van der Waals surface area (Å²) in [4.78, 5) is 3.31. The number of pyridine rings is 1. The molecule has 0 aliphatic carbocycles. The molecule has 11 heavy (non-hydrogen) atoms. The molecule has 0 saturated heterocycles. The third kappa shape index (κ3) is 3.31. The fraction of sp³-hybridized carbons (Fsp3) is 0. The van der Waals surface area contributed by atoms with Crippen molar-refractivity contribution in [3.8, 4) is 0 Å². The van der Waals surface area contributed by atoms with Gasteiger partial charge in [0.05, 0.1) is 4.90 Å². The van der Waals surface area contributed by atoms with Crippen molar-refractivity contribution >= 4 is 10.1 Å². The van der Waals surface area contributed by atoms with E-state index in [1.807, 2.05) is 0 Å². The first-order chi connectivity index (χ1) is 4.61. The summed E-state index contributed by atoms with van der Waals surface area (Å²) < 4.78 is 30.7. The Labute approximate surface area is 86.7 Å². The van der Waals surface area contributed by atoms with Gasteiger partial charge in [-0.15, -0.1) is 0 Å². The zero-order chi connectivity index (χ0) is 7.61. The molecule has 0 atom stereocenters. The van der Waals surface area contributed by atoms with Gasteiger partial charge in [0.1, 0.15) is 10.1 Å². The van der Waals surface area contributed by atoms with Crippen LogP contribution < -0.4 is 29.6 Å². The van der Waals surface area contributed by atoms with E-state index >= 15 is 0 Å². The predicted molar refractivity (Wildman–Crippen MR) is 32.2 cm³/mol. The van der Waals surface area contributed by atoms with Crippen LogP contribution in [0.5, 0.6) is 0 Å². The zero-order valence-corrected chi connectivity index (χ0v) is 8.71.